The van der Waals surface area contributed by atoms with E-state index in [0.717, 1.165) is 25.2 Å². The number of nitrogens with zero attached hydrogens (tertiary/aromatic N) is 1. The van der Waals surface area contributed by atoms with Gasteiger partial charge in [-0.05, 0) is 26.3 Å². The van der Waals surface area contributed by atoms with Crippen molar-refractivity contribution in [2.45, 2.75) is 33.6 Å². The quantitative estimate of drug-likeness (QED) is 0.750. The number of hydrogen-bond acceptors (Lipinski definition) is 2. The first-order valence-corrected chi connectivity index (χ1v) is 5.32. The topological polar surface area (TPSA) is 40.7 Å². The number of rotatable bonds is 5. The van der Waals surface area contributed by atoms with Gasteiger partial charge >= 0.3 is 0 Å². The summed E-state index contributed by atoms with van der Waals surface area (Å²) in [6.45, 7) is 7.53. The molecule has 0 saturated carbocycles. The van der Waals surface area contributed by atoms with Crippen molar-refractivity contribution >= 4 is 0 Å². The van der Waals surface area contributed by atoms with Gasteiger partial charge in [0.05, 0.1) is 5.69 Å². The van der Waals surface area contributed by atoms with Crippen LogP contribution in [0.1, 0.15) is 31.1 Å². The highest BCUT2D eigenvalue weighted by atomic mass is 14.9. The smallest absolute Gasteiger partial charge is 0.107 e. The van der Waals surface area contributed by atoms with Crippen LogP contribution in [0.15, 0.2) is 0 Å². The van der Waals surface area contributed by atoms with E-state index in [-0.39, 0.29) is 0 Å². The highest BCUT2D eigenvalue weighted by molar-refractivity contribution is 5.13. The van der Waals surface area contributed by atoms with Gasteiger partial charge in [0, 0.05) is 18.7 Å². The van der Waals surface area contributed by atoms with Gasteiger partial charge in [-0.25, -0.2) is 4.98 Å². The van der Waals surface area contributed by atoms with E-state index in [1.165, 1.54) is 11.4 Å². The Morgan fingerprint density at radius 1 is 1.43 bits per heavy atom. The molecule has 0 amide bonds. The predicted molar refractivity (Wildman–Crippen MR) is 59.5 cm³/mol. The standard InChI is InChI=1S/C11H21N3/c1-8(2)7-10-9(3)13-11(14-10)5-6-12-4/h8,12H,5-7H2,1-4H3,(H,13,14). The molecule has 1 heterocycles. The van der Waals surface area contributed by atoms with Gasteiger partial charge in [-0.1, -0.05) is 13.8 Å². The van der Waals surface area contributed by atoms with Crippen LogP contribution in [0.3, 0.4) is 0 Å². The fourth-order valence-electron chi connectivity index (χ4n) is 1.51. The Bertz CT molecular complexity index is 276. The van der Waals surface area contributed by atoms with Crippen molar-refractivity contribution in [2.75, 3.05) is 13.6 Å². The SMILES string of the molecule is CNCCc1nc(CC(C)C)c(C)[nH]1. The van der Waals surface area contributed by atoms with Gasteiger partial charge in [-0.2, -0.15) is 0 Å². The van der Waals surface area contributed by atoms with Crippen molar-refractivity contribution in [1.29, 1.82) is 0 Å². The van der Waals surface area contributed by atoms with E-state index < -0.39 is 0 Å². The second kappa shape index (κ2) is 5.15. The Labute approximate surface area is 86.3 Å². The first kappa shape index (κ1) is 11.2. The second-order valence-corrected chi connectivity index (χ2v) is 4.21. The molecule has 1 aromatic heterocycles. The minimum Gasteiger partial charge on any atom is -0.346 e. The highest BCUT2D eigenvalue weighted by Gasteiger charge is 2.07. The zero-order chi connectivity index (χ0) is 10.6. The number of hydrogen-bond donors (Lipinski definition) is 2. The molecule has 0 radical (unpaired) electrons. The van der Waals surface area contributed by atoms with Crippen LogP contribution in [0, 0.1) is 12.8 Å². The Morgan fingerprint density at radius 2 is 2.14 bits per heavy atom. The van der Waals surface area contributed by atoms with E-state index in [4.69, 9.17) is 0 Å². The van der Waals surface area contributed by atoms with Crippen LogP contribution in [-0.4, -0.2) is 23.6 Å². The van der Waals surface area contributed by atoms with E-state index in [1.54, 1.807) is 0 Å². The number of imidazole rings is 1. The molecule has 0 aliphatic carbocycles. The van der Waals surface area contributed by atoms with Crippen LogP contribution >= 0.6 is 0 Å². The molecule has 3 heteroatoms. The number of likely N-dealkylation sites (N-methyl/N-ethyl adjacent to an activating group) is 1. The van der Waals surface area contributed by atoms with Gasteiger partial charge in [0.15, 0.2) is 0 Å². The van der Waals surface area contributed by atoms with Gasteiger partial charge in [-0.15, -0.1) is 0 Å². The Hall–Kier alpha value is -0.830. The van der Waals surface area contributed by atoms with Crippen molar-refractivity contribution < 1.29 is 0 Å². The summed E-state index contributed by atoms with van der Waals surface area (Å²) in [4.78, 5) is 7.93. The lowest BCUT2D eigenvalue weighted by molar-refractivity contribution is 0.633. The van der Waals surface area contributed by atoms with Crippen LogP contribution in [0.4, 0.5) is 0 Å². The molecular formula is C11H21N3. The third kappa shape index (κ3) is 3.14. The molecule has 0 bridgehead atoms. The summed E-state index contributed by atoms with van der Waals surface area (Å²) in [5.74, 6) is 1.78. The number of aromatic nitrogens is 2. The maximum Gasteiger partial charge on any atom is 0.107 e. The lowest BCUT2D eigenvalue weighted by Gasteiger charge is -2.00. The van der Waals surface area contributed by atoms with Crippen molar-refractivity contribution in [3.8, 4) is 0 Å². The molecule has 0 aliphatic heterocycles. The van der Waals surface area contributed by atoms with Crippen molar-refractivity contribution in [2.24, 2.45) is 5.92 Å². The zero-order valence-corrected chi connectivity index (χ0v) is 9.65. The average Bonchev–Trinajstić information content (AvgIpc) is 2.43. The fourth-order valence-corrected chi connectivity index (χ4v) is 1.51. The van der Waals surface area contributed by atoms with Crippen LogP contribution in [0.5, 0.6) is 0 Å². The second-order valence-electron chi connectivity index (χ2n) is 4.21. The van der Waals surface area contributed by atoms with E-state index in [9.17, 15) is 0 Å². The molecule has 0 atom stereocenters. The molecule has 0 aliphatic rings. The molecule has 0 saturated heterocycles. The van der Waals surface area contributed by atoms with Crippen molar-refractivity contribution in [3.05, 3.63) is 17.2 Å². The van der Waals surface area contributed by atoms with Crippen LogP contribution < -0.4 is 5.32 Å². The summed E-state index contributed by atoms with van der Waals surface area (Å²) in [6, 6.07) is 0. The molecular weight excluding hydrogens is 174 g/mol. The zero-order valence-electron chi connectivity index (χ0n) is 9.65. The van der Waals surface area contributed by atoms with E-state index in [2.05, 4.69) is 36.1 Å². The lowest BCUT2D eigenvalue weighted by Crippen LogP contribution is -2.11. The van der Waals surface area contributed by atoms with E-state index >= 15 is 0 Å². The van der Waals surface area contributed by atoms with Crippen LogP contribution in [0.25, 0.3) is 0 Å². The van der Waals surface area contributed by atoms with E-state index in [0.29, 0.717) is 5.92 Å². The molecule has 14 heavy (non-hydrogen) atoms. The number of aryl methyl sites for hydroxylation is 1. The first-order chi connectivity index (χ1) is 6.63. The predicted octanol–water partition coefficient (Wildman–Crippen LogP) is 1.68. The summed E-state index contributed by atoms with van der Waals surface area (Å²) < 4.78 is 0. The molecule has 3 nitrogen and oxygen atoms in total. The highest BCUT2D eigenvalue weighted by Crippen LogP contribution is 2.10. The van der Waals surface area contributed by atoms with Crippen molar-refractivity contribution in [3.63, 3.8) is 0 Å². The molecule has 2 N–H and O–H groups in total. The summed E-state index contributed by atoms with van der Waals surface area (Å²) >= 11 is 0. The molecule has 0 unspecified atom stereocenters. The fraction of sp³-hybridized carbons (Fsp3) is 0.727. The molecule has 80 valence electrons. The Balaban J connectivity index is 2.62. The van der Waals surface area contributed by atoms with Crippen LogP contribution in [-0.2, 0) is 12.8 Å². The van der Waals surface area contributed by atoms with E-state index in [1.807, 2.05) is 7.05 Å². The molecule has 0 fully saturated rings. The van der Waals surface area contributed by atoms with Crippen LogP contribution in [0.2, 0.25) is 0 Å². The maximum atomic E-state index is 4.59. The largest absolute Gasteiger partial charge is 0.346 e. The minimum absolute atomic E-state index is 0.675. The van der Waals surface area contributed by atoms with Gasteiger partial charge in [0.25, 0.3) is 0 Å². The maximum absolute atomic E-state index is 4.59. The normalized spacial score (nSPS) is 11.2. The number of nitrogens with one attached hydrogen (secondary N) is 2. The summed E-state index contributed by atoms with van der Waals surface area (Å²) in [7, 11) is 1.96. The monoisotopic (exact) mass is 195 g/mol. The van der Waals surface area contributed by atoms with Gasteiger partial charge in [-0.3, -0.25) is 0 Å². The number of H-pyrrole nitrogens is 1. The Kier molecular flexibility index (Phi) is 4.14. The average molecular weight is 195 g/mol. The number of aromatic amines is 1. The summed E-state index contributed by atoms with van der Waals surface area (Å²) in [6.07, 6.45) is 2.05. The minimum atomic E-state index is 0.675. The summed E-state index contributed by atoms with van der Waals surface area (Å²) in [5, 5.41) is 3.13. The molecule has 0 spiro atoms. The van der Waals surface area contributed by atoms with Gasteiger partial charge in [0.2, 0.25) is 0 Å². The van der Waals surface area contributed by atoms with Crippen molar-refractivity contribution in [1.82, 2.24) is 15.3 Å². The summed E-state index contributed by atoms with van der Waals surface area (Å²) in [5.41, 5.74) is 2.45. The Morgan fingerprint density at radius 3 is 2.71 bits per heavy atom. The first-order valence-electron chi connectivity index (χ1n) is 5.32. The van der Waals surface area contributed by atoms with Gasteiger partial charge in [0.1, 0.15) is 5.82 Å². The van der Waals surface area contributed by atoms with Gasteiger partial charge < -0.3 is 10.3 Å². The molecule has 0 aromatic carbocycles. The molecule has 1 aromatic rings. The molecule has 1 rings (SSSR count). The lowest BCUT2D eigenvalue weighted by atomic mass is 10.1. The third-order valence-corrected chi connectivity index (χ3v) is 2.25. The third-order valence-electron chi connectivity index (χ3n) is 2.25.